The van der Waals surface area contributed by atoms with Gasteiger partial charge in [-0.05, 0) is 37.3 Å². The molecule has 8 heteroatoms. The Morgan fingerprint density at radius 2 is 1.76 bits per heavy atom. The summed E-state index contributed by atoms with van der Waals surface area (Å²) in [6.45, 7) is 1.45. The van der Waals surface area contributed by atoms with Gasteiger partial charge < -0.3 is 0 Å². The van der Waals surface area contributed by atoms with Gasteiger partial charge in [-0.2, -0.15) is 0 Å². The van der Waals surface area contributed by atoms with Gasteiger partial charge in [-0.1, -0.05) is 6.07 Å². The Morgan fingerprint density at radius 1 is 1.14 bits per heavy atom. The Labute approximate surface area is 120 Å². The maximum atomic E-state index is 12.8. The van der Waals surface area contributed by atoms with Crippen molar-refractivity contribution in [1.29, 1.82) is 0 Å². The van der Waals surface area contributed by atoms with Gasteiger partial charge in [0.05, 0.1) is 21.1 Å². The molecule has 0 aliphatic carbocycles. The van der Waals surface area contributed by atoms with Crippen molar-refractivity contribution in [3.8, 4) is 0 Å². The quantitative estimate of drug-likeness (QED) is 0.694. The van der Waals surface area contributed by atoms with Gasteiger partial charge in [-0.3, -0.25) is 14.8 Å². The first-order chi connectivity index (χ1) is 9.81. The second-order valence-electron chi connectivity index (χ2n) is 4.27. The highest BCUT2D eigenvalue weighted by Crippen LogP contribution is 2.27. The monoisotopic (exact) mass is 310 g/mol. The molecular formula is C13H11FN2O4S. The van der Waals surface area contributed by atoms with Crippen molar-refractivity contribution in [2.24, 2.45) is 0 Å². The number of nitro benzene ring substituents is 1. The molecule has 6 nitrogen and oxygen atoms in total. The first kappa shape index (κ1) is 14.9. The number of benzene rings is 2. The maximum Gasteiger partial charge on any atom is 0.274 e. The van der Waals surface area contributed by atoms with Crippen molar-refractivity contribution in [2.75, 3.05) is 4.72 Å². The van der Waals surface area contributed by atoms with Crippen LogP contribution in [0.25, 0.3) is 0 Å². The molecule has 0 fully saturated rings. The van der Waals surface area contributed by atoms with E-state index >= 15 is 0 Å². The Kier molecular flexibility index (Phi) is 3.90. The number of hydrogen-bond acceptors (Lipinski definition) is 4. The van der Waals surface area contributed by atoms with E-state index in [-0.39, 0.29) is 21.8 Å². The topological polar surface area (TPSA) is 89.3 Å². The van der Waals surface area contributed by atoms with E-state index in [9.17, 15) is 22.9 Å². The van der Waals surface area contributed by atoms with Crippen LogP contribution >= 0.6 is 0 Å². The second-order valence-corrected chi connectivity index (χ2v) is 5.95. The lowest BCUT2D eigenvalue weighted by Crippen LogP contribution is -2.14. The molecule has 2 rings (SSSR count). The van der Waals surface area contributed by atoms with Gasteiger partial charge in [0.25, 0.3) is 15.7 Å². The third-order valence-electron chi connectivity index (χ3n) is 2.87. The van der Waals surface area contributed by atoms with E-state index in [0.29, 0.717) is 0 Å². The minimum atomic E-state index is -3.93. The number of halogens is 1. The van der Waals surface area contributed by atoms with Crippen molar-refractivity contribution >= 4 is 21.4 Å². The zero-order chi connectivity index (χ0) is 15.6. The van der Waals surface area contributed by atoms with Gasteiger partial charge in [-0.25, -0.2) is 12.8 Å². The minimum Gasteiger partial charge on any atom is -0.279 e. The Balaban J connectivity index is 2.39. The zero-order valence-electron chi connectivity index (χ0n) is 10.9. The normalized spacial score (nSPS) is 11.1. The molecule has 110 valence electrons. The fourth-order valence-corrected chi connectivity index (χ4v) is 2.87. The molecule has 0 aromatic heterocycles. The van der Waals surface area contributed by atoms with Crippen LogP contribution in [-0.2, 0) is 10.0 Å². The standard InChI is InChI=1S/C13H11FN2O4S/c1-9-12(3-2-4-13(9)16(17)18)15-21(19,20)11-7-5-10(14)6-8-11/h2-8,15H,1H3. The lowest BCUT2D eigenvalue weighted by Gasteiger charge is -2.10. The molecule has 0 bridgehead atoms. The summed E-state index contributed by atoms with van der Waals surface area (Å²) >= 11 is 0. The van der Waals surface area contributed by atoms with Gasteiger partial charge in [0.1, 0.15) is 5.82 Å². The second kappa shape index (κ2) is 5.49. The highest BCUT2D eigenvalue weighted by Gasteiger charge is 2.19. The summed E-state index contributed by atoms with van der Waals surface area (Å²) in [7, 11) is -3.93. The molecule has 0 spiro atoms. The van der Waals surface area contributed by atoms with E-state index in [4.69, 9.17) is 0 Å². The summed E-state index contributed by atoms with van der Waals surface area (Å²) in [5, 5.41) is 10.8. The molecule has 1 N–H and O–H groups in total. The van der Waals surface area contributed by atoms with Crippen molar-refractivity contribution in [2.45, 2.75) is 11.8 Å². The average Bonchev–Trinajstić information content (AvgIpc) is 2.41. The van der Waals surface area contributed by atoms with Crippen LogP contribution in [0.1, 0.15) is 5.56 Å². The molecule has 0 saturated heterocycles. The van der Waals surface area contributed by atoms with Crippen molar-refractivity contribution in [1.82, 2.24) is 0 Å². The lowest BCUT2D eigenvalue weighted by molar-refractivity contribution is -0.385. The van der Waals surface area contributed by atoms with Crippen LogP contribution in [0.5, 0.6) is 0 Å². The molecule has 0 atom stereocenters. The SMILES string of the molecule is Cc1c(NS(=O)(=O)c2ccc(F)cc2)cccc1[N+](=O)[O-]. The van der Waals surface area contributed by atoms with Crippen molar-refractivity contribution < 1.29 is 17.7 Å². The average molecular weight is 310 g/mol. The Bertz CT molecular complexity index is 788. The summed E-state index contributed by atoms with van der Waals surface area (Å²) in [6, 6.07) is 8.36. The molecule has 0 radical (unpaired) electrons. The summed E-state index contributed by atoms with van der Waals surface area (Å²) in [5.41, 5.74) is 0.121. The molecule has 0 aliphatic rings. The molecule has 0 saturated carbocycles. The van der Waals surface area contributed by atoms with Crippen LogP contribution in [0.3, 0.4) is 0 Å². The number of hydrogen-bond donors (Lipinski definition) is 1. The number of nitrogens with one attached hydrogen (secondary N) is 1. The molecule has 0 amide bonds. The largest absolute Gasteiger partial charge is 0.279 e. The number of nitrogens with zero attached hydrogens (tertiary/aromatic N) is 1. The van der Waals surface area contributed by atoms with Gasteiger partial charge in [0, 0.05) is 6.07 Å². The van der Waals surface area contributed by atoms with Gasteiger partial charge in [-0.15, -0.1) is 0 Å². The Hall–Kier alpha value is -2.48. The maximum absolute atomic E-state index is 12.8. The number of nitro groups is 1. The third kappa shape index (κ3) is 3.16. The predicted octanol–water partition coefficient (Wildman–Crippen LogP) is 2.84. The van der Waals surface area contributed by atoms with Crippen LogP contribution < -0.4 is 4.72 Å². The molecule has 0 unspecified atom stereocenters. The fraction of sp³-hybridized carbons (Fsp3) is 0.0769. The van der Waals surface area contributed by atoms with E-state index in [1.807, 2.05) is 0 Å². The lowest BCUT2D eigenvalue weighted by atomic mass is 10.2. The van der Waals surface area contributed by atoms with E-state index in [0.717, 1.165) is 24.3 Å². The Morgan fingerprint density at radius 3 is 2.33 bits per heavy atom. The molecule has 2 aromatic carbocycles. The van der Waals surface area contributed by atoms with E-state index in [2.05, 4.69) is 4.72 Å². The third-order valence-corrected chi connectivity index (χ3v) is 4.25. The molecule has 0 aliphatic heterocycles. The van der Waals surface area contributed by atoms with Crippen molar-refractivity contribution in [3.05, 3.63) is 64.0 Å². The molecule has 2 aromatic rings. The molecule has 0 heterocycles. The van der Waals surface area contributed by atoms with Crippen molar-refractivity contribution in [3.63, 3.8) is 0 Å². The molecular weight excluding hydrogens is 299 g/mol. The van der Waals surface area contributed by atoms with Crippen LogP contribution in [0.15, 0.2) is 47.4 Å². The smallest absolute Gasteiger partial charge is 0.274 e. The number of rotatable bonds is 4. The van der Waals surface area contributed by atoms with E-state index in [1.54, 1.807) is 0 Å². The highest BCUT2D eigenvalue weighted by molar-refractivity contribution is 7.92. The predicted molar refractivity (Wildman–Crippen MR) is 75.0 cm³/mol. The summed E-state index contributed by atoms with van der Waals surface area (Å²) in [6.07, 6.45) is 0. The first-order valence-corrected chi connectivity index (χ1v) is 7.32. The summed E-state index contributed by atoms with van der Waals surface area (Å²) in [4.78, 5) is 10.1. The zero-order valence-corrected chi connectivity index (χ0v) is 11.7. The van der Waals surface area contributed by atoms with Crippen LogP contribution in [0, 0.1) is 22.9 Å². The minimum absolute atomic E-state index is 0.105. The van der Waals surface area contributed by atoms with E-state index < -0.39 is 20.8 Å². The summed E-state index contributed by atoms with van der Waals surface area (Å²) < 4.78 is 39.4. The number of sulfonamides is 1. The van der Waals surface area contributed by atoms with Gasteiger partial charge >= 0.3 is 0 Å². The molecule has 21 heavy (non-hydrogen) atoms. The van der Waals surface area contributed by atoms with Gasteiger partial charge in [0.2, 0.25) is 0 Å². The first-order valence-electron chi connectivity index (χ1n) is 5.83. The highest BCUT2D eigenvalue weighted by atomic mass is 32.2. The van der Waals surface area contributed by atoms with Crippen LogP contribution in [0.2, 0.25) is 0 Å². The fourth-order valence-electron chi connectivity index (χ4n) is 1.75. The van der Waals surface area contributed by atoms with Crippen LogP contribution in [-0.4, -0.2) is 13.3 Å². The van der Waals surface area contributed by atoms with E-state index in [1.165, 1.54) is 25.1 Å². The van der Waals surface area contributed by atoms with Gasteiger partial charge in [0.15, 0.2) is 0 Å². The summed E-state index contributed by atoms with van der Waals surface area (Å²) in [5.74, 6) is -0.555. The number of anilines is 1. The van der Waals surface area contributed by atoms with Crippen LogP contribution in [0.4, 0.5) is 15.8 Å².